The quantitative estimate of drug-likeness (QED) is 0.599. The third-order valence-electron chi connectivity index (χ3n) is 1.86. The second-order valence-corrected chi connectivity index (χ2v) is 3.30. The average molecular weight is 218 g/mol. The molecule has 0 aliphatic heterocycles. The number of hydrogen-bond donors (Lipinski definition) is 2. The molecule has 1 heterocycles. The summed E-state index contributed by atoms with van der Waals surface area (Å²) in [6.45, 7) is 0. The van der Waals surface area contributed by atoms with Gasteiger partial charge >= 0.3 is 0 Å². The zero-order valence-corrected chi connectivity index (χ0v) is 8.37. The van der Waals surface area contributed by atoms with E-state index in [1.807, 2.05) is 0 Å². The summed E-state index contributed by atoms with van der Waals surface area (Å²) in [6.07, 6.45) is 1.66. The number of hydrogen-bond acceptors (Lipinski definition) is 3. The lowest BCUT2D eigenvalue weighted by Crippen LogP contribution is -2.09. The third-order valence-corrected chi connectivity index (χ3v) is 2.13. The van der Waals surface area contributed by atoms with Crippen LogP contribution in [0.1, 0.15) is 24.1 Å². The van der Waals surface area contributed by atoms with E-state index in [2.05, 4.69) is 0 Å². The highest BCUT2D eigenvalue weighted by molar-refractivity contribution is 6.17. The molecule has 0 saturated carbocycles. The van der Waals surface area contributed by atoms with E-state index in [1.54, 1.807) is 0 Å². The highest BCUT2D eigenvalue weighted by Crippen LogP contribution is 2.21. The number of nitrogens with zero attached hydrogens (tertiary/aromatic N) is 1. The number of carbonyl (C=O) groups excluding carboxylic acids is 1. The molecular weight excluding hydrogens is 206 g/mol. The maximum Gasteiger partial charge on any atom is 0.236 e. The summed E-state index contributed by atoms with van der Waals surface area (Å²) in [5, 5.41) is 18.4. The minimum Gasteiger partial charge on any atom is -0.494 e. The molecular formula is C9H12ClNO3. The number of rotatable bonds is 4. The van der Waals surface area contributed by atoms with Gasteiger partial charge < -0.3 is 10.2 Å². The van der Waals surface area contributed by atoms with Crippen molar-refractivity contribution >= 4 is 17.5 Å². The summed E-state index contributed by atoms with van der Waals surface area (Å²) in [7, 11) is 0. The van der Waals surface area contributed by atoms with Crippen molar-refractivity contribution < 1.29 is 15.0 Å². The van der Waals surface area contributed by atoms with Crippen LogP contribution in [0, 0.1) is 0 Å². The summed E-state index contributed by atoms with van der Waals surface area (Å²) in [5.74, 6) is -0.288. The van der Waals surface area contributed by atoms with Crippen LogP contribution in [0.5, 0.6) is 11.8 Å². The van der Waals surface area contributed by atoms with Gasteiger partial charge in [0.1, 0.15) is 0 Å². The summed E-state index contributed by atoms with van der Waals surface area (Å²) >= 11 is 5.46. The number of aromatic hydroxyl groups is 2. The Bertz CT molecular complexity index is 302. The molecule has 5 heteroatoms. The lowest BCUT2D eigenvalue weighted by Gasteiger charge is -2.04. The van der Waals surface area contributed by atoms with E-state index in [0.717, 1.165) is 11.0 Å². The Morgan fingerprint density at radius 2 is 1.86 bits per heavy atom. The first kappa shape index (κ1) is 10.9. The second-order valence-electron chi connectivity index (χ2n) is 2.92. The summed E-state index contributed by atoms with van der Waals surface area (Å²) < 4.78 is 0.883. The molecule has 0 atom stereocenters. The van der Waals surface area contributed by atoms with Crippen molar-refractivity contribution in [3.05, 3.63) is 12.1 Å². The van der Waals surface area contributed by atoms with E-state index in [4.69, 9.17) is 11.6 Å². The van der Waals surface area contributed by atoms with Gasteiger partial charge in [-0.15, -0.1) is 11.6 Å². The average Bonchev–Trinajstić information content (AvgIpc) is 2.46. The molecule has 0 radical (unpaired) electrons. The first-order chi connectivity index (χ1) is 6.66. The Balaban J connectivity index is 2.60. The van der Waals surface area contributed by atoms with E-state index in [1.165, 1.54) is 12.1 Å². The van der Waals surface area contributed by atoms with Gasteiger partial charge in [0.15, 0.2) is 0 Å². The Morgan fingerprint density at radius 3 is 2.36 bits per heavy atom. The molecule has 0 saturated heterocycles. The van der Waals surface area contributed by atoms with Crippen LogP contribution in [0.15, 0.2) is 12.1 Å². The fourth-order valence-electron chi connectivity index (χ4n) is 1.15. The Labute approximate surface area is 86.7 Å². The van der Waals surface area contributed by atoms with Crippen molar-refractivity contribution in [3.8, 4) is 11.8 Å². The topological polar surface area (TPSA) is 62.5 Å². The molecule has 4 nitrogen and oxygen atoms in total. The van der Waals surface area contributed by atoms with Gasteiger partial charge in [-0.2, -0.15) is 0 Å². The van der Waals surface area contributed by atoms with Gasteiger partial charge in [-0.1, -0.05) is 0 Å². The lowest BCUT2D eigenvalue weighted by molar-refractivity contribution is 0.0881. The van der Waals surface area contributed by atoms with Crippen LogP contribution >= 0.6 is 11.6 Å². The molecule has 0 bridgehead atoms. The van der Waals surface area contributed by atoms with Gasteiger partial charge in [0.05, 0.1) is 0 Å². The largest absolute Gasteiger partial charge is 0.494 e. The summed E-state index contributed by atoms with van der Waals surface area (Å²) in [4.78, 5) is 11.4. The maximum atomic E-state index is 11.4. The highest BCUT2D eigenvalue weighted by Gasteiger charge is 2.12. The predicted molar refractivity (Wildman–Crippen MR) is 53.0 cm³/mol. The molecule has 0 aromatic carbocycles. The molecule has 1 rings (SSSR count). The number of carbonyl (C=O) groups is 1. The zero-order chi connectivity index (χ0) is 10.6. The van der Waals surface area contributed by atoms with Crippen LogP contribution in [-0.4, -0.2) is 26.6 Å². The lowest BCUT2D eigenvalue weighted by atomic mass is 10.2. The van der Waals surface area contributed by atoms with E-state index < -0.39 is 0 Å². The van der Waals surface area contributed by atoms with Gasteiger partial charge in [0, 0.05) is 24.4 Å². The Kier molecular flexibility index (Phi) is 3.83. The smallest absolute Gasteiger partial charge is 0.236 e. The van der Waals surface area contributed by atoms with E-state index >= 15 is 0 Å². The molecule has 0 unspecified atom stereocenters. The van der Waals surface area contributed by atoms with Crippen molar-refractivity contribution in [2.75, 3.05) is 5.88 Å². The Morgan fingerprint density at radius 1 is 1.29 bits per heavy atom. The van der Waals surface area contributed by atoms with E-state index in [9.17, 15) is 15.0 Å². The Hall–Kier alpha value is -1.16. The van der Waals surface area contributed by atoms with Crippen LogP contribution in [0.2, 0.25) is 0 Å². The highest BCUT2D eigenvalue weighted by atomic mass is 35.5. The van der Waals surface area contributed by atoms with Crippen molar-refractivity contribution in [1.82, 2.24) is 4.57 Å². The molecule has 2 N–H and O–H groups in total. The molecule has 14 heavy (non-hydrogen) atoms. The molecule has 0 spiro atoms. The van der Waals surface area contributed by atoms with Crippen LogP contribution < -0.4 is 0 Å². The fourth-order valence-corrected chi connectivity index (χ4v) is 1.34. The van der Waals surface area contributed by atoms with Gasteiger partial charge in [-0.25, -0.2) is 4.57 Å². The minimum absolute atomic E-state index is 0.238. The van der Waals surface area contributed by atoms with E-state index in [-0.39, 0.29) is 24.1 Å². The minimum atomic E-state index is -0.324. The van der Waals surface area contributed by atoms with Gasteiger partial charge in [-0.05, 0) is 12.8 Å². The molecule has 0 aliphatic carbocycles. The monoisotopic (exact) mass is 217 g/mol. The maximum absolute atomic E-state index is 11.4. The first-order valence-electron chi connectivity index (χ1n) is 4.35. The SMILES string of the molecule is O=C(CCCCCl)n1c(O)ccc1O. The summed E-state index contributed by atoms with van der Waals surface area (Å²) in [5.41, 5.74) is 0. The summed E-state index contributed by atoms with van der Waals surface area (Å²) in [6, 6.07) is 2.55. The number of halogens is 1. The first-order valence-corrected chi connectivity index (χ1v) is 4.89. The molecule has 0 amide bonds. The second kappa shape index (κ2) is 4.91. The van der Waals surface area contributed by atoms with Crippen molar-refractivity contribution in [1.29, 1.82) is 0 Å². The van der Waals surface area contributed by atoms with Gasteiger partial charge in [0.2, 0.25) is 17.7 Å². The van der Waals surface area contributed by atoms with Crippen LogP contribution in [0.25, 0.3) is 0 Å². The third kappa shape index (κ3) is 2.42. The van der Waals surface area contributed by atoms with Crippen LogP contribution in [-0.2, 0) is 0 Å². The van der Waals surface area contributed by atoms with Gasteiger partial charge in [0.25, 0.3) is 0 Å². The fraction of sp³-hybridized carbons (Fsp3) is 0.444. The van der Waals surface area contributed by atoms with E-state index in [0.29, 0.717) is 12.3 Å². The zero-order valence-electron chi connectivity index (χ0n) is 7.61. The molecule has 0 aliphatic rings. The van der Waals surface area contributed by atoms with Crippen LogP contribution in [0.4, 0.5) is 0 Å². The molecule has 0 fully saturated rings. The number of alkyl halides is 1. The molecule has 78 valence electrons. The number of aromatic nitrogens is 1. The standard InChI is InChI=1S/C9H12ClNO3/c10-6-2-1-3-7(12)11-8(13)4-5-9(11)14/h4-5,13-14H,1-3,6H2. The predicted octanol–water partition coefficient (Wildman–Crippen LogP) is 1.95. The molecule has 1 aromatic heterocycles. The van der Waals surface area contributed by atoms with Crippen LogP contribution in [0.3, 0.4) is 0 Å². The van der Waals surface area contributed by atoms with Crippen molar-refractivity contribution in [2.45, 2.75) is 19.3 Å². The number of unbranched alkanes of at least 4 members (excludes halogenated alkanes) is 1. The van der Waals surface area contributed by atoms with Crippen molar-refractivity contribution in [3.63, 3.8) is 0 Å². The van der Waals surface area contributed by atoms with Gasteiger partial charge in [-0.3, -0.25) is 4.79 Å². The molecule has 1 aromatic rings. The normalized spacial score (nSPS) is 10.4. The van der Waals surface area contributed by atoms with Crippen molar-refractivity contribution in [2.24, 2.45) is 0 Å².